The maximum Gasteiger partial charge on any atom is 0.333 e. The summed E-state index contributed by atoms with van der Waals surface area (Å²) < 4.78 is 22.9. The SMILES string of the molecule is CCC1(C)C(C(=O)O)=C(S(N)(=O)=O)C=CC1C(=O)O. The van der Waals surface area contributed by atoms with E-state index in [0.29, 0.717) is 0 Å². The number of hydrogen-bond donors (Lipinski definition) is 3. The van der Waals surface area contributed by atoms with Crippen molar-refractivity contribution < 1.29 is 28.2 Å². The van der Waals surface area contributed by atoms with Crippen LogP contribution in [0.1, 0.15) is 20.3 Å². The molecule has 0 radical (unpaired) electrons. The summed E-state index contributed by atoms with van der Waals surface area (Å²) in [5.41, 5.74) is -1.82. The number of rotatable bonds is 4. The van der Waals surface area contributed by atoms with Crippen molar-refractivity contribution in [1.82, 2.24) is 0 Å². The number of nitrogens with two attached hydrogens (primary N) is 1. The number of primary sulfonamides is 1. The molecule has 0 saturated carbocycles. The van der Waals surface area contributed by atoms with Gasteiger partial charge in [0.2, 0.25) is 10.0 Å². The quantitative estimate of drug-likeness (QED) is 0.681. The summed E-state index contributed by atoms with van der Waals surface area (Å²) in [6.45, 7) is 3.00. The zero-order chi connectivity index (χ0) is 15.0. The molecule has 1 aliphatic carbocycles. The topological polar surface area (TPSA) is 135 Å². The Morgan fingerprint density at radius 2 is 1.95 bits per heavy atom. The van der Waals surface area contributed by atoms with Crippen molar-refractivity contribution in [3.8, 4) is 0 Å². The number of aliphatic carboxylic acids is 2. The van der Waals surface area contributed by atoms with Gasteiger partial charge in [-0.3, -0.25) is 4.79 Å². The van der Waals surface area contributed by atoms with Gasteiger partial charge in [-0.05, 0) is 12.5 Å². The molecule has 0 spiro atoms. The van der Waals surface area contributed by atoms with Gasteiger partial charge in [-0.25, -0.2) is 18.4 Å². The molecule has 0 heterocycles. The first-order chi connectivity index (χ1) is 8.55. The minimum absolute atomic E-state index is 0.148. The van der Waals surface area contributed by atoms with Crippen molar-refractivity contribution in [2.75, 3.05) is 0 Å². The first-order valence-corrected chi connectivity index (χ1v) is 7.02. The van der Waals surface area contributed by atoms with Gasteiger partial charge in [-0.2, -0.15) is 0 Å². The molecule has 0 saturated heterocycles. The maximum atomic E-state index is 11.4. The highest BCUT2D eigenvalue weighted by Gasteiger charge is 2.47. The minimum atomic E-state index is -4.23. The lowest BCUT2D eigenvalue weighted by Gasteiger charge is -2.36. The Hall–Kier alpha value is -1.67. The number of allylic oxidation sites excluding steroid dienone is 1. The van der Waals surface area contributed by atoms with E-state index in [-0.39, 0.29) is 6.42 Å². The van der Waals surface area contributed by atoms with Gasteiger partial charge in [0.05, 0.1) is 16.4 Å². The third-order valence-corrected chi connectivity index (χ3v) is 4.42. The van der Waals surface area contributed by atoms with Crippen LogP contribution < -0.4 is 5.14 Å². The fraction of sp³-hybridized carbons (Fsp3) is 0.455. The van der Waals surface area contributed by atoms with Crippen molar-refractivity contribution in [2.24, 2.45) is 16.5 Å². The van der Waals surface area contributed by atoms with Gasteiger partial charge in [0.25, 0.3) is 0 Å². The van der Waals surface area contributed by atoms with E-state index in [0.717, 1.165) is 12.2 Å². The molecule has 106 valence electrons. The summed E-state index contributed by atoms with van der Waals surface area (Å²) in [6, 6.07) is 0. The lowest BCUT2D eigenvalue weighted by Crippen LogP contribution is -2.40. The number of carboxylic acid groups (broad SMARTS) is 2. The Labute approximate surface area is 110 Å². The second-order valence-corrected chi connectivity index (χ2v) is 6.07. The highest BCUT2D eigenvalue weighted by atomic mass is 32.2. The largest absolute Gasteiger partial charge is 0.481 e. The highest BCUT2D eigenvalue weighted by molar-refractivity contribution is 7.93. The first kappa shape index (κ1) is 15.4. The van der Waals surface area contributed by atoms with Crippen molar-refractivity contribution in [3.05, 3.63) is 22.6 Å². The zero-order valence-electron chi connectivity index (χ0n) is 10.5. The fourth-order valence-electron chi connectivity index (χ4n) is 2.25. The van der Waals surface area contributed by atoms with Gasteiger partial charge in [-0.15, -0.1) is 0 Å². The normalized spacial score (nSPS) is 27.4. The fourth-order valence-corrected chi connectivity index (χ4v) is 3.13. The molecular formula is C11H15NO6S. The molecule has 0 aromatic heterocycles. The lowest BCUT2D eigenvalue weighted by atomic mass is 9.67. The van der Waals surface area contributed by atoms with Crippen molar-refractivity contribution in [1.29, 1.82) is 0 Å². The van der Waals surface area contributed by atoms with Crippen LogP contribution in [0.5, 0.6) is 0 Å². The molecule has 0 aromatic carbocycles. The first-order valence-electron chi connectivity index (χ1n) is 5.47. The average molecular weight is 289 g/mol. The van der Waals surface area contributed by atoms with E-state index >= 15 is 0 Å². The van der Waals surface area contributed by atoms with Crippen LogP contribution in [0.15, 0.2) is 22.6 Å². The Bertz CT molecular complexity index is 588. The summed E-state index contributed by atoms with van der Waals surface area (Å²) in [4.78, 5) is 22.0. The molecule has 0 fully saturated rings. The molecule has 0 aromatic rings. The highest BCUT2D eigenvalue weighted by Crippen LogP contribution is 2.45. The summed E-state index contributed by atoms with van der Waals surface area (Å²) in [7, 11) is -4.23. The van der Waals surface area contributed by atoms with Crippen molar-refractivity contribution >= 4 is 22.0 Å². The Kier molecular flexibility index (Phi) is 3.87. The molecule has 0 bridgehead atoms. The Morgan fingerprint density at radius 1 is 1.42 bits per heavy atom. The van der Waals surface area contributed by atoms with Crippen LogP contribution in [0.2, 0.25) is 0 Å². The van der Waals surface area contributed by atoms with Gasteiger partial charge in [0.1, 0.15) is 0 Å². The third kappa shape index (κ3) is 2.54. The predicted molar refractivity (Wildman–Crippen MR) is 66.4 cm³/mol. The second kappa shape index (κ2) is 4.78. The molecule has 0 aliphatic heterocycles. The molecule has 7 nitrogen and oxygen atoms in total. The maximum absolute atomic E-state index is 11.4. The van der Waals surface area contributed by atoms with E-state index in [1.165, 1.54) is 6.92 Å². The second-order valence-electron chi connectivity index (χ2n) is 4.54. The summed E-state index contributed by atoms with van der Waals surface area (Å²) in [6.07, 6.45) is 2.27. The molecule has 4 N–H and O–H groups in total. The van der Waals surface area contributed by atoms with E-state index in [2.05, 4.69) is 0 Å². The Balaban J connectivity index is 3.67. The molecule has 2 atom stereocenters. The molecule has 1 rings (SSSR count). The zero-order valence-corrected chi connectivity index (χ0v) is 11.3. The molecule has 1 aliphatic rings. The monoisotopic (exact) mass is 289 g/mol. The molecule has 8 heteroatoms. The Morgan fingerprint density at radius 3 is 2.26 bits per heavy atom. The van der Waals surface area contributed by atoms with E-state index in [4.69, 9.17) is 10.2 Å². The average Bonchev–Trinajstić information content (AvgIpc) is 2.25. The van der Waals surface area contributed by atoms with Gasteiger partial charge >= 0.3 is 11.9 Å². The summed E-state index contributed by atoms with van der Waals surface area (Å²) in [5.74, 6) is -3.81. The number of hydrogen-bond acceptors (Lipinski definition) is 4. The van der Waals surface area contributed by atoms with Crippen LogP contribution in [0.4, 0.5) is 0 Å². The van der Waals surface area contributed by atoms with Crippen LogP contribution in [0, 0.1) is 11.3 Å². The van der Waals surface area contributed by atoms with Crippen LogP contribution >= 0.6 is 0 Å². The van der Waals surface area contributed by atoms with Crippen LogP contribution in [0.3, 0.4) is 0 Å². The molecule has 0 amide bonds. The smallest absolute Gasteiger partial charge is 0.333 e. The van der Waals surface area contributed by atoms with Gasteiger partial charge in [0, 0.05) is 5.41 Å². The van der Waals surface area contributed by atoms with Crippen molar-refractivity contribution in [2.45, 2.75) is 20.3 Å². The summed E-state index contributed by atoms with van der Waals surface area (Å²) >= 11 is 0. The van der Waals surface area contributed by atoms with E-state index in [1.54, 1.807) is 6.92 Å². The van der Waals surface area contributed by atoms with Crippen LogP contribution in [-0.2, 0) is 19.6 Å². The third-order valence-electron chi connectivity index (χ3n) is 3.46. The molecular weight excluding hydrogens is 274 g/mol. The number of carbonyl (C=O) groups is 2. The molecule has 2 unspecified atom stereocenters. The van der Waals surface area contributed by atoms with Crippen molar-refractivity contribution in [3.63, 3.8) is 0 Å². The summed E-state index contributed by atoms with van der Waals surface area (Å²) in [5, 5.41) is 23.4. The standard InChI is InChI=1S/C11H15NO6S/c1-3-11(2)6(9(13)14)4-5-7(19(12,17)18)8(11)10(15)16/h4-6H,3H2,1-2H3,(H,13,14)(H,15,16)(H2,12,17,18). The van der Waals surface area contributed by atoms with Gasteiger partial charge < -0.3 is 10.2 Å². The minimum Gasteiger partial charge on any atom is -0.481 e. The lowest BCUT2D eigenvalue weighted by molar-refractivity contribution is -0.144. The van der Waals surface area contributed by atoms with E-state index in [1.807, 2.05) is 0 Å². The number of carboxylic acids is 2. The van der Waals surface area contributed by atoms with Gasteiger partial charge in [0.15, 0.2) is 0 Å². The van der Waals surface area contributed by atoms with Crippen LogP contribution in [0.25, 0.3) is 0 Å². The van der Waals surface area contributed by atoms with Gasteiger partial charge in [-0.1, -0.05) is 19.9 Å². The van der Waals surface area contributed by atoms with E-state index < -0.39 is 43.8 Å². The molecule has 19 heavy (non-hydrogen) atoms. The van der Waals surface area contributed by atoms with E-state index in [9.17, 15) is 23.1 Å². The predicted octanol–water partition coefficient (Wildman–Crippen LogP) is 0.301. The van der Waals surface area contributed by atoms with Crippen LogP contribution in [-0.4, -0.2) is 30.6 Å². The number of sulfonamides is 1.